The van der Waals surface area contributed by atoms with Crippen molar-refractivity contribution in [1.82, 2.24) is 5.43 Å². The maximum absolute atomic E-state index is 11.2. The van der Waals surface area contributed by atoms with Crippen LogP contribution in [0.3, 0.4) is 0 Å². The van der Waals surface area contributed by atoms with E-state index in [1.807, 2.05) is 31.2 Å². The Balaban J connectivity index is 2.12. The lowest BCUT2D eigenvalue weighted by molar-refractivity contribution is -0.121. The van der Waals surface area contributed by atoms with Gasteiger partial charge in [0.1, 0.15) is 0 Å². The smallest absolute Gasteiger partial charge is 0.240 e. The minimum Gasteiger partial charge on any atom is -0.273 e. The predicted molar refractivity (Wildman–Crippen MR) is 74.6 cm³/mol. The van der Waals surface area contributed by atoms with Crippen molar-refractivity contribution in [3.63, 3.8) is 0 Å². The third kappa shape index (κ3) is 3.47. The van der Waals surface area contributed by atoms with Gasteiger partial charge in [0.25, 0.3) is 0 Å². The Morgan fingerprint density at radius 2 is 2.11 bits per heavy atom. The second-order valence-corrected chi connectivity index (χ2v) is 4.65. The molecule has 1 N–H and O–H groups in total. The van der Waals surface area contributed by atoms with Crippen molar-refractivity contribution in [3.05, 3.63) is 29.8 Å². The van der Waals surface area contributed by atoms with E-state index < -0.39 is 0 Å². The fourth-order valence-corrected chi connectivity index (χ4v) is 1.93. The second-order valence-electron chi connectivity index (χ2n) is 4.65. The number of amides is 1. The van der Waals surface area contributed by atoms with Crippen LogP contribution in [0.25, 0.3) is 0 Å². The number of nitrogens with one attached hydrogen (secondary N) is 1. The van der Waals surface area contributed by atoms with Gasteiger partial charge in [-0.15, -0.1) is 0 Å². The van der Waals surface area contributed by atoms with Crippen LogP contribution >= 0.6 is 0 Å². The van der Waals surface area contributed by atoms with E-state index in [1.54, 1.807) is 0 Å². The van der Waals surface area contributed by atoms with Crippen molar-refractivity contribution < 1.29 is 4.79 Å². The lowest BCUT2D eigenvalue weighted by Gasteiger charge is -2.19. The van der Waals surface area contributed by atoms with Gasteiger partial charge in [0.2, 0.25) is 5.91 Å². The van der Waals surface area contributed by atoms with Gasteiger partial charge in [-0.2, -0.15) is 15.3 Å². The first-order valence-corrected chi connectivity index (χ1v) is 6.55. The topological polar surface area (TPSA) is 66.2 Å². The number of hydrogen-bond acceptors (Lipinski definition) is 4. The number of benzene rings is 1. The largest absolute Gasteiger partial charge is 0.273 e. The SMILES string of the molecule is CCCN=Nc1ccc(C2=NNC(=O)CC2C)cc1. The fourth-order valence-electron chi connectivity index (χ4n) is 1.93. The Morgan fingerprint density at radius 1 is 1.37 bits per heavy atom. The second kappa shape index (κ2) is 6.22. The molecule has 0 aliphatic carbocycles. The highest BCUT2D eigenvalue weighted by molar-refractivity contribution is 6.05. The molecule has 1 aliphatic rings. The van der Waals surface area contributed by atoms with Crippen LogP contribution in [0.4, 0.5) is 5.69 Å². The molecular weight excluding hydrogens is 240 g/mol. The standard InChI is InChI=1S/C14H18N4O/c1-3-8-15-16-12-6-4-11(5-7-12)14-10(2)9-13(19)17-18-14/h4-7,10H,3,8-9H2,1-2H3,(H,17,19). The van der Waals surface area contributed by atoms with Gasteiger partial charge < -0.3 is 0 Å². The first-order valence-electron chi connectivity index (χ1n) is 6.55. The van der Waals surface area contributed by atoms with Crippen molar-refractivity contribution in [2.24, 2.45) is 21.2 Å². The number of rotatable bonds is 4. The quantitative estimate of drug-likeness (QED) is 0.829. The minimum absolute atomic E-state index is 0.0266. The molecule has 5 heteroatoms. The third-order valence-electron chi connectivity index (χ3n) is 2.93. The molecule has 0 spiro atoms. The molecule has 1 aliphatic heterocycles. The summed E-state index contributed by atoms with van der Waals surface area (Å²) >= 11 is 0. The van der Waals surface area contributed by atoms with Gasteiger partial charge in [0.05, 0.1) is 17.9 Å². The Morgan fingerprint density at radius 3 is 2.74 bits per heavy atom. The average Bonchev–Trinajstić information content (AvgIpc) is 2.40. The molecule has 5 nitrogen and oxygen atoms in total. The van der Waals surface area contributed by atoms with Gasteiger partial charge in [-0.3, -0.25) is 4.79 Å². The average molecular weight is 258 g/mol. The van der Waals surface area contributed by atoms with Gasteiger partial charge >= 0.3 is 0 Å². The fraction of sp³-hybridized carbons (Fsp3) is 0.429. The summed E-state index contributed by atoms with van der Waals surface area (Å²) in [7, 11) is 0. The molecule has 0 saturated heterocycles. The molecule has 1 heterocycles. The zero-order chi connectivity index (χ0) is 13.7. The Kier molecular flexibility index (Phi) is 4.39. The van der Waals surface area contributed by atoms with Crippen molar-refractivity contribution in [1.29, 1.82) is 0 Å². The Bertz CT molecular complexity index is 505. The molecule has 0 aromatic heterocycles. The summed E-state index contributed by atoms with van der Waals surface area (Å²) < 4.78 is 0. The molecule has 2 rings (SSSR count). The molecule has 1 unspecified atom stereocenters. The van der Waals surface area contributed by atoms with Gasteiger partial charge in [-0.05, 0) is 24.1 Å². The highest BCUT2D eigenvalue weighted by Crippen LogP contribution is 2.19. The zero-order valence-electron chi connectivity index (χ0n) is 11.3. The number of azo groups is 1. The summed E-state index contributed by atoms with van der Waals surface area (Å²) in [6.07, 6.45) is 1.48. The lowest BCUT2D eigenvalue weighted by Crippen LogP contribution is -2.31. The van der Waals surface area contributed by atoms with E-state index >= 15 is 0 Å². The normalized spacial score (nSPS) is 19.4. The van der Waals surface area contributed by atoms with E-state index in [4.69, 9.17) is 0 Å². The summed E-state index contributed by atoms with van der Waals surface area (Å²) in [6.45, 7) is 4.82. The maximum atomic E-state index is 11.2. The molecule has 100 valence electrons. The summed E-state index contributed by atoms with van der Waals surface area (Å²) in [5, 5.41) is 12.3. The van der Waals surface area contributed by atoms with Crippen LogP contribution in [-0.2, 0) is 4.79 Å². The Hall–Kier alpha value is -2.04. The van der Waals surface area contributed by atoms with Crippen LogP contribution in [0.15, 0.2) is 39.6 Å². The van der Waals surface area contributed by atoms with Crippen LogP contribution in [0.5, 0.6) is 0 Å². The van der Waals surface area contributed by atoms with Crippen LogP contribution in [0.2, 0.25) is 0 Å². The zero-order valence-corrected chi connectivity index (χ0v) is 11.3. The molecule has 0 radical (unpaired) electrons. The van der Waals surface area contributed by atoms with Crippen LogP contribution in [0.1, 0.15) is 32.3 Å². The first kappa shape index (κ1) is 13.4. The molecule has 19 heavy (non-hydrogen) atoms. The van der Waals surface area contributed by atoms with Gasteiger partial charge in [-0.25, -0.2) is 5.43 Å². The first-order chi connectivity index (χ1) is 9.20. The number of hydrazone groups is 1. The third-order valence-corrected chi connectivity index (χ3v) is 2.93. The van der Waals surface area contributed by atoms with Crippen LogP contribution in [0, 0.1) is 5.92 Å². The number of carbonyl (C=O) groups excluding carboxylic acids is 1. The summed E-state index contributed by atoms with van der Waals surface area (Å²) in [4.78, 5) is 11.2. The molecule has 1 amide bonds. The highest BCUT2D eigenvalue weighted by Gasteiger charge is 2.21. The van der Waals surface area contributed by atoms with E-state index in [2.05, 4.69) is 27.7 Å². The predicted octanol–water partition coefficient (Wildman–Crippen LogP) is 3.04. The van der Waals surface area contributed by atoms with Crippen LogP contribution in [-0.4, -0.2) is 18.2 Å². The van der Waals surface area contributed by atoms with Crippen LogP contribution < -0.4 is 5.43 Å². The van der Waals surface area contributed by atoms with E-state index in [0.29, 0.717) is 6.42 Å². The summed E-state index contributed by atoms with van der Waals surface area (Å²) in [5.74, 6) is 0.113. The lowest BCUT2D eigenvalue weighted by atomic mass is 9.94. The minimum atomic E-state index is -0.0266. The monoisotopic (exact) mass is 258 g/mol. The molecule has 1 aromatic carbocycles. The van der Waals surface area contributed by atoms with E-state index in [1.165, 1.54) is 0 Å². The van der Waals surface area contributed by atoms with Gasteiger partial charge in [0, 0.05) is 12.3 Å². The Labute approximate surface area is 112 Å². The van der Waals surface area contributed by atoms with E-state index in [9.17, 15) is 4.79 Å². The van der Waals surface area contributed by atoms with Gasteiger partial charge in [0.15, 0.2) is 0 Å². The summed E-state index contributed by atoms with van der Waals surface area (Å²) in [5.41, 5.74) is 5.29. The molecular formula is C14H18N4O. The number of hydrogen-bond donors (Lipinski definition) is 1. The molecule has 0 fully saturated rings. The van der Waals surface area contributed by atoms with Crippen molar-refractivity contribution in [2.45, 2.75) is 26.7 Å². The van der Waals surface area contributed by atoms with E-state index in [-0.39, 0.29) is 11.8 Å². The molecule has 0 saturated carbocycles. The highest BCUT2D eigenvalue weighted by atomic mass is 16.2. The molecule has 0 bridgehead atoms. The van der Waals surface area contributed by atoms with Crippen molar-refractivity contribution in [2.75, 3.05) is 6.54 Å². The number of nitrogens with zero attached hydrogens (tertiary/aromatic N) is 3. The van der Waals surface area contributed by atoms with Crippen molar-refractivity contribution in [3.8, 4) is 0 Å². The maximum Gasteiger partial charge on any atom is 0.240 e. The van der Waals surface area contributed by atoms with E-state index in [0.717, 1.165) is 29.9 Å². The van der Waals surface area contributed by atoms with Gasteiger partial charge in [-0.1, -0.05) is 26.0 Å². The molecule has 1 aromatic rings. The summed E-state index contributed by atoms with van der Waals surface area (Å²) in [6, 6.07) is 7.76. The van der Waals surface area contributed by atoms with Crippen molar-refractivity contribution >= 4 is 17.3 Å². The molecule has 1 atom stereocenters. The number of carbonyl (C=O) groups is 1.